The molecular weight excluding hydrogens is 328 g/mol. The highest BCUT2D eigenvalue weighted by molar-refractivity contribution is 9.10. The number of anilines is 1. The molecule has 0 spiro atoms. The molecule has 1 saturated heterocycles. The van der Waals surface area contributed by atoms with Gasteiger partial charge in [0.05, 0.1) is 18.8 Å². The summed E-state index contributed by atoms with van der Waals surface area (Å²) in [7, 11) is 0. The van der Waals surface area contributed by atoms with Crippen LogP contribution in [-0.2, 0) is 4.74 Å². The number of rotatable bonds is 5. The van der Waals surface area contributed by atoms with Crippen LogP contribution in [0.15, 0.2) is 22.7 Å². The van der Waals surface area contributed by atoms with E-state index in [4.69, 9.17) is 4.74 Å². The van der Waals surface area contributed by atoms with E-state index in [0.29, 0.717) is 18.2 Å². The van der Waals surface area contributed by atoms with Crippen LogP contribution in [0.1, 0.15) is 45.7 Å². The van der Waals surface area contributed by atoms with Crippen molar-refractivity contribution in [1.29, 1.82) is 0 Å². The van der Waals surface area contributed by atoms with Crippen molar-refractivity contribution in [3.05, 3.63) is 28.2 Å². The van der Waals surface area contributed by atoms with Crippen molar-refractivity contribution in [1.82, 2.24) is 5.32 Å². The first kappa shape index (κ1) is 16.8. The molecule has 0 saturated carbocycles. The predicted octanol–water partition coefficient (Wildman–Crippen LogP) is 4.12. The summed E-state index contributed by atoms with van der Waals surface area (Å²) in [6.45, 7) is 11.5. The number of ether oxygens (including phenoxy) is 1. The Morgan fingerprint density at radius 3 is 2.81 bits per heavy atom. The van der Waals surface area contributed by atoms with Gasteiger partial charge in [0.25, 0.3) is 0 Å². The minimum Gasteiger partial charge on any atom is -0.375 e. The van der Waals surface area contributed by atoms with Gasteiger partial charge in [0, 0.05) is 22.7 Å². The lowest BCUT2D eigenvalue weighted by Gasteiger charge is -2.40. The zero-order valence-corrected chi connectivity index (χ0v) is 15.1. The Morgan fingerprint density at radius 2 is 2.19 bits per heavy atom. The van der Waals surface area contributed by atoms with Crippen molar-refractivity contribution in [3.63, 3.8) is 0 Å². The summed E-state index contributed by atoms with van der Waals surface area (Å²) in [6, 6.07) is 7.58. The van der Waals surface area contributed by atoms with E-state index in [0.717, 1.165) is 26.1 Å². The minimum absolute atomic E-state index is 0.298. The summed E-state index contributed by atoms with van der Waals surface area (Å²) in [4.78, 5) is 2.49. The summed E-state index contributed by atoms with van der Waals surface area (Å²) < 4.78 is 6.98. The van der Waals surface area contributed by atoms with Crippen LogP contribution in [0.2, 0.25) is 0 Å². The van der Waals surface area contributed by atoms with Crippen molar-refractivity contribution < 1.29 is 4.74 Å². The Hall–Kier alpha value is -0.580. The van der Waals surface area contributed by atoms with Gasteiger partial charge in [-0.3, -0.25) is 0 Å². The Balaban J connectivity index is 2.21. The zero-order chi connectivity index (χ0) is 15.4. The third-order valence-corrected chi connectivity index (χ3v) is 4.92. The fraction of sp³-hybridized carbons (Fsp3) is 0.647. The lowest BCUT2D eigenvalue weighted by Crippen LogP contribution is -2.48. The molecule has 1 aliphatic rings. The van der Waals surface area contributed by atoms with Crippen LogP contribution >= 0.6 is 15.9 Å². The molecule has 0 amide bonds. The number of nitrogens with zero attached hydrogens (tertiary/aromatic N) is 1. The summed E-state index contributed by atoms with van der Waals surface area (Å²) in [5.74, 6) is 0. The number of halogens is 1. The summed E-state index contributed by atoms with van der Waals surface area (Å²) in [5.41, 5.74) is 2.60. The normalized spacial score (nSPS) is 24.1. The number of benzene rings is 1. The van der Waals surface area contributed by atoms with Gasteiger partial charge < -0.3 is 15.0 Å². The molecule has 3 nitrogen and oxygen atoms in total. The third-order valence-electron chi connectivity index (χ3n) is 4.23. The molecule has 1 heterocycles. The van der Waals surface area contributed by atoms with Crippen LogP contribution in [0.25, 0.3) is 0 Å². The summed E-state index contributed by atoms with van der Waals surface area (Å²) in [5, 5.41) is 3.47. The quantitative estimate of drug-likeness (QED) is 0.860. The van der Waals surface area contributed by atoms with E-state index in [1.807, 2.05) is 0 Å². The van der Waals surface area contributed by atoms with Crippen molar-refractivity contribution in [3.8, 4) is 0 Å². The van der Waals surface area contributed by atoms with Gasteiger partial charge in [0.15, 0.2) is 0 Å². The molecule has 1 aromatic rings. The van der Waals surface area contributed by atoms with Gasteiger partial charge in [-0.1, -0.05) is 35.8 Å². The Bertz CT molecular complexity index is 466. The highest BCUT2D eigenvalue weighted by Gasteiger charge is 2.26. The predicted molar refractivity (Wildman–Crippen MR) is 93.1 cm³/mol. The molecular formula is C17H27BrN2O. The molecule has 0 radical (unpaired) electrons. The summed E-state index contributed by atoms with van der Waals surface area (Å²) >= 11 is 3.74. The molecule has 4 heteroatoms. The van der Waals surface area contributed by atoms with Gasteiger partial charge in [-0.25, -0.2) is 0 Å². The van der Waals surface area contributed by atoms with E-state index in [1.54, 1.807) is 0 Å². The highest BCUT2D eigenvalue weighted by Crippen LogP contribution is 2.31. The molecule has 1 fully saturated rings. The SMILES string of the molecule is CCNC(C)c1ccc(N2CC(C)OCC2CC)cc1Br. The second-order valence-electron chi connectivity index (χ2n) is 5.84. The van der Waals surface area contributed by atoms with Crippen LogP contribution in [0.3, 0.4) is 0 Å². The van der Waals surface area contributed by atoms with E-state index in [1.165, 1.54) is 15.7 Å². The molecule has 118 valence electrons. The molecule has 0 bridgehead atoms. The molecule has 21 heavy (non-hydrogen) atoms. The molecule has 1 aromatic carbocycles. The third kappa shape index (κ3) is 3.99. The van der Waals surface area contributed by atoms with E-state index in [-0.39, 0.29) is 0 Å². The van der Waals surface area contributed by atoms with Crippen molar-refractivity contribution >= 4 is 21.6 Å². The Kier molecular flexibility index (Phi) is 6.08. The van der Waals surface area contributed by atoms with Gasteiger partial charge in [0.2, 0.25) is 0 Å². The standard InChI is InChI=1S/C17H27BrN2O/c1-5-14-11-21-12(3)10-20(14)15-7-8-16(17(18)9-15)13(4)19-6-2/h7-9,12-14,19H,5-6,10-11H2,1-4H3. The van der Waals surface area contributed by atoms with Gasteiger partial charge in [-0.2, -0.15) is 0 Å². The molecule has 2 rings (SSSR count). The first-order valence-corrected chi connectivity index (χ1v) is 8.77. The maximum atomic E-state index is 5.79. The van der Waals surface area contributed by atoms with Crippen molar-refractivity contribution in [2.75, 3.05) is 24.6 Å². The summed E-state index contributed by atoms with van der Waals surface area (Å²) in [6.07, 6.45) is 1.41. The largest absolute Gasteiger partial charge is 0.375 e. The smallest absolute Gasteiger partial charge is 0.0723 e. The van der Waals surface area contributed by atoms with Gasteiger partial charge >= 0.3 is 0 Å². The monoisotopic (exact) mass is 354 g/mol. The Morgan fingerprint density at radius 1 is 1.43 bits per heavy atom. The van der Waals surface area contributed by atoms with Crippen LogP contribution < -0.4 is 10.2 Å². The van der Waals surface area contributed by atoms with E-state index in [2.05, 4.69) is 72.0 Å². The molecule has 1 N–H and O–H groups in total. The Labute approximate surface area is 137 Å². The first-order chi connectivity index (χ1) is 10.1. The number of hydrogen-bond donors (Lipinski definition) is 1. The topological polar surface area (TPSA) is 24.5 Å². The van der Waals surface area contributed by atoms with Gasteiger partial charge in [-0.05, 0) is 44.5 Å². The molecule has 3 unspecified atom stereocenters. The fourth-order valence-corrected chi connectivity index (χ4v) is 3.67. The van der Waals surface area contributed by atoms with Crippen LogP contribution in [0.4, 0.5) is 5.69 Å². The zero-order valence-electron chi connectivity index (χ0n) is 13.5. The molecule has 1 aliphatic heterocycles. The van der Waals surface area contributed by atoms with E-state index < -0.39 is 0 Å². The maximum Gasteiger partial charge on any atom is 0.0723 e. The van der Waals surface area contributed by atoms with Crippen molar-refractivity contribution in [2.24, 2.45) is 0 Å². The highest BCUT2D eigenvalue weighted by atomic mass is 79.9. The average molecular weight is 355 g/mol. The van der Waals surface area contributed by atoms with Crippen LogP contribution in [0.5, 0.6) is 0 Å². The van der Waals surface area contributed by atoms with Crippen LogP contribution in [-0.4, -0.2) is 31.8 Å². The van der Waals surface area contributed by atoms with E-state index >= 15 is 0 Å². The lowest BCUT2D eigenvalue weighted by molar-refractivity contribution is 0.0299. The van der Waals surface area contributed by atoms with Gasteiger partial charge in [-0.15, -0.1) is 0 Å². The molecule has 0 aromatic heterocycles. The second kappa shape index (κ2) is 7.61. The fourth-order valence-electron chi connectivity index (χ4n) is 2.96. The van der Waals surface area contributed by atoms with Gasteiger partial charge in [0.1, 0.15) is 0 Å². The van der Waals surface area contributed by atoms with Crippen LogP contribution in [0, 0.1) is 0 Å². The first-order valence-electron chi connectivity index (χ1n) is 7.97. The number of morpholine rings is 1. The number of nitrogens with one attached hydrogen (secondary N) is 1. The molecule has 0 aliphatic carbocycles. The maximum absolute atomic E-state index is 5.79. The number of hydrogen-bond acceptors (Lipinski definition) is 3. The molecule has 3 atom stereocenters. The second-order valence-corrected chi connectivity index (χ2v) is 6.70. The lowest BCUT2D eigenvalue weighted by atomic mass is 10.1. The minimum atomic E-state index is 0.298. The van der Waals surface area contributed by atoms with Crippen molar-refractivity contribution in [2.45, 2.75) is 52.3 Å². The average Bonchev–Trinajstić information content (AvgIpc) is 2.47. The van der Waals surface area contributed by atoms with E-state index in [9.17, 15) is 0 Å².